The summed E-state index contributed by atoms with van der Waals surface area (Å²) in [5.74, 6) is 0. The minimum atomic E-state index is 0.577. The fourth-order valence-corrected chi connectivity index (χ4v) is 2.46. The van der Waals surface area contributed by atoms with Crippen molar-refractivity contribution in [2.75, 3.05) is 6.67 Å². The van der Waals surface area contributed by atoms with Crippen LogP contribution in [0.2, 0.25) is 0 Å². The second-order valence-electron chi connectivity index (χ2n) is 3.84. The molecule has 1 unspecified atom stereocenters. The summed E-state index contributed by atoms with van der Waals surface area (Å²) < 4.78 is 0. The van der Waals surface area contributed by atoms with Crippen LogP contribution in [0.4, 0.5) is 0 Å². The minimum Gasteiger partial charge on any atom is -0.372 e. The lowest BCUT2D eigenvalue weighted by Gasteiger charge is -2.35. The van der Waals surface area contributed by atoms with Gasteiger partial charge in [0.05, 0.1) is 6.67 Å². The van der Waals surface area contributed by atoms with Crippen molar-refractivity contribution in [2.45, 2.75) is 25.3 Å². The van der Waals surface area contributed by atoms with E-state index in [2.05, 4.69) is 28.9 Å². The highest BCUT2D eigenvalue weighted by molar-refractivity contribution is 5.48. The van der Waals surface area contributed by atoms with Gasteiger partial charge in [0.15, 0.2) is 0 Å². The Morgan fingerprint density at radius 3 is 3.38 bits per heavy atom. The van der Waals surface area contributed by atoms with Gasteiger partial charge >= 0.3 is 0 Å². The third-order valence-corrected chi connectivity index (χ3v) is 3.06. The second-order valence-corrected chi connectivity index (χ2v) is 3.84. The summed E-state index contributed by atoms with van der Waals surface area (Å²) >= 11 is 0. The Bertz CT molecular complexity index is 323. The van der Waals surface area contributed by atoms with Gasteiger partial charge < -0.3 is 5.32 Å². The molecule has 0 amide bonds. The first-order valence-electron chi connectivity index (χ1n) is 5.02. The van der Waals surface area contributed by atoms with Crippen molar-refractivity contribution in [3.8, 4) is 0 Å². The first kappa shape index (κ1) is 7.39. The number of hydrogen-bond donors (Lipinski definition) is 2. The highest BCUT2D eigenvalue weighted by atomic mass is 15.1. The van der Waals surface area contributed by atoms with Crippen molar-refractivity contribution in [2.24, 2.45) is 0 Å². The van der Waals surface area contributed by atoms with E-state index in [9.17, 15) is 0 Å². The molecule has 13 heavy (non-hydrogen) atoms. The molecule has 1 fully saturated rings. The largest absolute Gasteiger partial charge is 0.372 e. The van der Waals surface area contributed by atoms with Gasteiger partial charge in [0.1, 0.15) is 0 Å². The highest BCUT2D eigenvalue weighted by Gasteiger charge is 2.27. The zero-order chi connectivity index (χ0) is 8.67. The van der Waals surface area contributed by atoms with Crippen molar-refractivity contribution >= 4 is 0 Å². The number of hydrogen-bond acceptors (Lipinski definition) is 2. The van der Waals surface area contributed by atoms with Gasteiger partial charge in [0, 0.05) is 11.7 Å². The summed E-state index contributed by atoms with van der Waals surface area (Å²) in [6, 6.07) is 0.577. The number of allylic oxidation sites excluding steroid dienone is 3. The van der Waals surface area contributed by atoms with Crippen LogP contribution in [0.15, 0.2) is 35.1 Å². The molecule has 2 aliphatic carbocycles. The minimum absolute atomic E-state index is 0.577. The van der Waals surface area contributed by atoms with Crippen LogP contribution in [0.5, 0.6) is 0 Å². The van der Waals surface area contributed by atoms with Gasteiger partial charge in [-0.05, 0) is 30.4 Å². The zero-order valence-electron chi connectivity index (χ0n) is 7.64. The average molecular weight is 174 g/mol. The fourth-order valence-electron chi connectivity index (χ4n) is 2.46. The summed E-state index contributed by atoms with van der Waals surface area (Å²) in [6.07, 6.45) is 10.5. The predicted molar refractivity (Wildman–Crippen MR) is 53.0 cm³/mol. The van der Waals surface area contributed by atoms with E-state index in [4.69, 9.17) is 0 Å². The molecule has 0 spiro atoms. The van der Waals surface area contributed by atoms with Gasteiger partial charge in [-0.3, -0.25) is 5.32 Å². The van der Waals surface area contributed by atoms with E-state index >= 15 is 0 Å². The Balaban J connectivity index is 2.09. The lowest BCUT2D eigenvalue weighted by atomic mass is 9.84. The summed E-state index contributed by atoms with van der Waals surface area (Å²) in [5.41, 5.74) is 4.45. The molecule has 1 saturated heterocycles. The lowest BCUT2D eigenvalue weighted by molar-refractivity contribution is 0.492. The monoisotopic (exact) mass is 174 g/mol. The van der Waals surface area contributed by atoms with E-state index < -0.39 is 0 Å². The van der Waals surface area contributed by atoms with E-state index in [0.29, 0.717) is 6.04 Å². The molecule has 68 valence electrons. The molecule has 2 N–H and O–H groups in total. The SMILES string of the molecule is C1=CC2=C3C(=CCC2)NCNC3C1. The van der Waals surface area contributed by atoms with Gasteiger partial charge in [0.25, 0.3) is 0 Å². The maximum Gasteiger partial charge on any atom is 0.0657 e. The zero-order valence-corrected chi connectivity index (χ0v) is 7.64. The maximum absolute atomic E-state index is 3.49. The van der Waals surface area contributed by atoms with Crippen LogP contribution in [0, 0.1) is 0 Å². The topological polar surface area (TPSA) is 24.1 Å². The lowest BCUT2D eigenvalue weighted by Crippen LogP contribution is -2.46. The van der Waals surface area contributed by atoms with Gasteiger partial charge in [-0.2, -0.15) is 0 Å². The van der Waals surface area contributed by atoms with Crippen LogP contribution in [0.1, 0.15) is 19.3 Å². The van der Waals surface area contributed by atoms with E-state index in [1.807, 2.05) is 0 Å². The Morgan fingerprint density at radius 1 is 1.38 bits per heavy atom. The predicted octanol–water partition coefficient (Wildman–Crippen LogP) is 1.44. The van der Waals surface area contributed by atoms with Gasteiger partial charge in [0.2, 0.25) is 0 Å². The third-order valence-electron chi connectivity index (χ3n) is 3.06. The molecule has 0 aromatic heterocycles. The molecule has 1 aliphatic heterocycles. The Kier molecular flexibility index (Phi) is 1.56. The average Bonchev–Trinajstić information content (AvgIpc) is 2.19. The molecule has 0 radical (unpaired) electrons. The summed E-state index contributed by atoms with van der Waals surface area (Å²) in [6.45, 7) is 0.918. The molecule has 0 bridgehead atoms. The maximum atomic E-state index is 3.49. The molecule has 1 heterocycles. The molecule has 0 aromatic carbocycles. The second kappa shape index (κ2) is 2.74. The van der Waals surface area contributed by atoms with Crippen molar-refractivity contribution < 1.29 is 0 Å². The molecule has 1 atom stereocenters. The van der Waals surface area contributed by atoms with Gasteiger partial charge in [-0.15, -0.1) is 0 Å². The van der Waals surface area contributed by atoms with Crippen LogP contribution in [-0.4, -0.2) is 12.7 Å². The van der Waals surface area contributed by atoms with Crippen LogP contribution >= 0.6 is 0 Å². The molecule has 2 heteroatoms. The summed E-state index contributed by atoms with van der Waals surface area (Å²) in [7, 11) is 0. The molecule has 0 saturated carbocycles. The summed E-state index contributed by atoms with van der Waals surface area (Å²) in [4.78, 5) is 0. The molecular formula is C11H14N2. The van der Waals surface area contributed by atoms with Crippen LogP contribution < -0.4 is 10.6 Å². The van der Waals surface area contributed by atoms with Crippen LogP contribution in [-0.2, 0) is 0 Å². The van der Waals surface area contributed by atoms with Crippen molar-refractivity contribution in [1.82, 2.24) is 10.6 Å². The van der Waals surface area contributed by atoms with Crippen LogP contribution in [0.25, 0.3) is 0 Å². The van der Waals surface area contributed by atoms with E-state index in [1.165, 1.54) is 29.7 Å². The first-order valence-corrected chi connectivity index (χ1v) is 5.02. The van der Waals surface area contributed by atoms with E-state index in [0.717, 1.165) is 13.1 Å². The van der Waals surface area contributed by atoms with E-state index in [1.54, 1.807) is 0 Å². The number of rotatable bonds is 0. The van der Waals surface area contributed by atoms with Crippen molar-refractivity contribution in [3.05, 3.63) is 35.1 Å². The Labute approximate surface area is 78.4 Å². The van der Waals surface area contributed by atoms with Crippen molar-refractivity contribution in [1.29, 1.82) is 0 Å². The quantitative estimate of drug-likeness (QED) is 0.580. The van der Waals surface area contributed by atoms with Crippen LogP contribution in [0.3, 0.4) is 0 Å². The van der Waals surface area contributed by atoms with Gasteiger partial charge in [-0.25, -0.2) is 0 Å². The molecule has 3 aliphatic rings. The molecule has 3 rings (SSSR count). The van der Waals surface area contributed by atoms with E-state index in [-0.39, 0.29) is 0 Å². The fraction of sp³-hybridized carbons (Fsp3) is 0.455. The van der Waals surface area contributed by atoms with Crippen molar-refractivity contribution in [3.63, 3.8) is 0 Å². The third kappa shape index (κ3) is 1.05. The number of nitrogens with one attached hydrogen (secondary N) is 2. The normalized spacial score (nSPS) is 30.8. The standard InChI is InChI=1S/C11H14N2/c1-3-8-4-2-6-10-11(8)9(5-1)12-7-13-10/h1,3,6,9,12-13H,2,4-5,7H2. The Morgan fingerprint density at radius 2 is 2.38 bits per heavy atom. The smallest absolute Gasteiger partial charge is 0.0657 e. The molecule has 0 aromatic rings. The molecule has 2 nitrogen and oxygen atoms in total. The summed E-state index contributed by atoms with van der Waals surface area (Å²) in [5, 5.41) is 6.90. The first-order chi connectivity index (χ1) is 6.45. The Hall–Kier alpha value is -1.02. The molecular weight excluding hydrogens is 160 g/mol. The highest BCUT2D eigenvalue weighted by Crippen LogP contribution is 2.32. The van der Waals surface area contributed by atoms with Gasteiger partial charge in [-0.1, -0.05) is 18.2 Å².